The molecule has 1 unspecified atom stereocenters. The topological polar surface area (TPSA) is 93.4 Å². The fourth-order valence-electron chi connectivity index (χ4n) is 3.20. The van der Waals surface area contributed by atoms with E-state index >= 15 is 0 Å². The van der Waals surface area contributed by atoms with E-state index in [-0.39, 0.29) is 11.9 Å². The van der Waals surface area contributed by atoms with Crippen molar-refractivity contribution in [3.63, 3.8) is 0 Å². The van der Waals surface area contributed by atoms with Crippen molar-refractivity contribution in [3.8, 4) is 6.07 Å². The second-order valence-electron chi connectivity index (χ2n) is 6.16. The number of carboxylic acids is 1. The molecular weight excluding hydrogens is 270 g/mol. The molecule has 1 saturated heterocycles. The fraction of sp³-hybridized carbons (Fsp3) is 0.800. The molecule has 0 aromatic carbocycles. The summed E-state index contributed by atoms with van der Waals surface area (Å²) in [7, 11) is 0. The van der Waals surface area contributed by atoms with Crippen LogP contribution in [0.1, 0.15) is 38.5 Å². The average Bonchev–Trinajstić information content (AvgIpc) is 2.53. The minimum absolute atomic E-state index is 0.150. The van der Waals surface area contributed by atoms with Gasteiger partial charge in [0.25, 0.3) is 0 Å². The Labute approximate surface area is 125 Å². The molecule has 0 spiro atoms. The third-order valence-corrected chi connectivity index (χ3v) is 4.63. The zero-order chi connectivity index (χ0) is 15.2. The minimum atomic E-state index is -0.817. The molecule has 2 N–H and O–H groups in total. The Kier molecular flexibility index (Phi) is 5.43. The number of amides is 2. The number of hydrogen-bond donors (Lipinski definition) is 2. The van der Waals surface area contributed by atoms with E-state index in [4.69, 9.17) is 10.4 Å². The summed E-state index contributed by atoms with van der Waals surface area (Å²) in [5.74, 6) is -0.633. The van der Waals surface area contributed by atoms with Gasteiger partial charge in [0.05, 0.1) is 12.0 Å². The zero-order valence-corrected chi connectivity index (χ0v) is 12.3. The highest BCUT2D eigenvalue weighted by atomic mass is 16.4. The highest BCUT2D eigenvalue weighted by Gasteiger charge is 2.28. The molecule has 21 heavy (non-hydrogen) atoms. The Morgan fingerprint density at radius 1 is 1.24 bits per heavy atom. The normalized spacial score (nSPS) is 29.5. The Morgan fingerprint density at radius 3 is 2.57 bits per heavy atom. The molecule has 2 fully saturated rings. The summed E-state index contributed by atoms with van der Waals surface area (Å²) in [6, 6.07) is 2.16. The van der Waals surface area contributed by atoms with Crippen LogP contribution in [0.25, 0.3) is 0 Å². The molecule has 0 bridgehead atoms. The van der Waals surface area contributed by atoms with Crippen LogP contribution >= 0.6 is 0 Å². The van der Waals surface area contributed by atoms with Crippen molar-refractivity contribution in [2.24, 2.45) is 17.8 Å². The molecule has 2 amide bonds. The molecule has 0 aromatic heterocycles. The summed E-state index contributed by atoms with van der Waals surface area (Å²) >= 11 is 0. The van der Waals surface area contributed by atoms with Crippen LogP contribution in [0.4, 0.5) is 4.79 Å². The van der Waals surface area contributed by atoms with Crippen LogP contribution in [-0.4, -0.2) is 41.6 Å². The van der Waals surface area contributed by atoms with Gasteiger partial charge in [0.15, 0.2) is 0 Å². The van der Waals surface area contributed by atoms with Crippen molar-refractivity contribution < 1.29 is 14.7 Å². The zero-order valence-electron chi connectivity index (χ0n) is 12.3. The number of hydrogen-bond acceptors (Lipinski definition) is 3. The highest BCUT2D eigenvalue weighted by molar-refractivity contribution is 5.76. The molecule has 1 aliphatic carbocycles. The minimum Gasteiger partial charge on any atom is -0.481 e. The Hall–Kier alpha value is -1.77. The summed E-state index contributed by atoms with van der Waals surface area (Å²) in [5, 5.41) is 20.8. The molecule has 6 nitrogen and oxygen atoms in total. The predicted molar refractivity (Wildman–Crippen MR) is 76.4 cm³/mol. The van der Waals surface area contributed by atoms with Crippen LogP contribution in [0.2, 0.25) is 0 Å². The SMILES string of the molecule is N#CC1CCC(CNC(=O)N2CCCC(C(=O)O)C2)CC1. The third-order valence-electron chi connectivity index (χ3n) is 4.63. The van der Waals surface area contributed by atoms with E-state index in [2.05, 4.69) is 11.4 Å². The van der Waals surface area contributed by atoms with Gasteiger partial charge in [-0.05, 0) is 44.4 Å². The number of carbonyl (C=O) groups is 2. The average molecular weight is 293 g/mol. The second kappa shape index (κ2) is 7.30. The molecular formula is C15H23N3O3. The van der Waals surface area contributed by atoms with Gasteiger partial charge in [-0.1, -0.05) is 0 Å². The summed E-state index contributed by atoms with van der Waals surface area (Å²) in [4.78, 5) is 24.7. The number of nitriles is 1. The first-order valence-corrected chi connectivity index (χ1v) is 7.75. The molecule has 0 radical (unpaired) electrons. The summed E-state index contributed by atoms with van der Waals surface area (Å²) < 4.78 is 0. The summed E-state index contributed by atoms with van der Waals surface area (Å²) in [5.41, 5.74) is 0. The van der Waals surface area contributed by atoms with Gasteiger partial charge < -0.3 is 15.3 Å². The monoisotopic (exact) mass is 293 g/mol. The quantitative estimate of drug-likeness (QED) is 0.830. The largest absolute Gasteiger partial charge is 0.481 e. The van der Waals surface area contributed by atoms with Crippen molar-refractivity contribution in [3.05, 3.63) is 0 Å². The first kappa shape index (κ1) is 15.6. The van der Waals surface area contributed by atoms with Gasteiger partial charge in [-0.25, -0.2) is 4.79 Å². The maximum absolute atomic E-state index is 12.1. The Bertz CT molecular complexity index is 424. The molecule has 1 aliphatic heterocycles. The number of nitrogens with zero attached hydrogens (tertiary/aromatic N) is 2. The number of urea groups is 1. The molecule has 6 heteroatoms. The number of rotatable bonds is 3. The van der Waals surface area contributed by atoms with E-state index in [1.54, 1.807) is 4.90 Å². The van der Waals surface area contributed by atoms with Gasteiger partial charge in [-0.15, -0.1) is 0 Å². The molecule has 2 aliphatic rings. The van der Waals surface area contributed by atoms with Crippen molar-refractivity contribution >= 4 is 12.0 Å². The van der Waals surface area contributed by atoms with Gasteiger partial charge in [0, 0.05) is 25.6 Å². The van der Waals surface area contributed by atoms with Crippen molar-refractivity contribution in [2.45, 2.75) is 38.5 Å². The molecule has 1 heterocycles. The van der Waals surface area contributed by atoms with Crippen LogP contribution < -0.4 is 5.32 Å². The van der Waals surface area contributed by atoms with Crippen LogP contribution in [0.3, 0.4) is 0 Å². The van der Waals surface area contributed by atoms with Crippen LogP contribution in [-0.2, 0) is 4.79 Å². The van der Waals surface area contributed by atoms with Crippen LogP contribution in [0, 0.1) is 29.1 Å². The predicted octanol–water partition coefficient (Wildman–Crippen LogP) is 1.82. The molecule has 116 valence electrons. The van der Waals surface area contributed by atoms with Crippen molar-refractivity contribution in [1.29, 1.82) is 5.26 Å². The van der Waals surface area contributed by atoms with Gasteiger partial charge in [0.1, 0.15) is 0 Å². The first-order valence-electron chi connectivity index (χ1n) is 7.75. The lowest BCUT2D eigenvalue weighted by atomic mass is 9.83. The lowest BCUT2D eigenvalue weighted by Gasteiger charge is -2.32. The van der Waals surface area contributed by atoms with E-state index in [0.717, 1.165) is 32.1 Å². The third kappa shape index (κ3) is 4.35. The van der Waals surface area contributed by atoms with Gasteiger partial charge in [-0.2, -0.15) is 5.26 Å². The summed E-state index contributed by atoms with van der Waals surface area (Å²) in [6.45, 7) is 1.57. The number of carbonyl (C=O) groups excluding carboxylic acids is 1. The van der Waals surface area contributed by atoms with Gasteiger partial charge >= 0.3 is 12.0 Å². The fourth-order valence-corrected chi connectivity index (χ4v) is 3.20. The van der Waals surface area contributed by atoms with Gasteiger partial charge in [-0.3, -0.25) is 4.79 Å². The van der Waals surface area contributed by atoms with E-state index < -0.39 is 11.9 Å². The maximum Gasteiger partial charge on any atom is 0.317 e. The molecule has 2 rings (SSSR count). The lowest BCUT2D eigenvalue weighted by Crippen LogP contribution is -2.48. The standard InChI is InChI=1S/C15H23N3O3/c16-8-11-3-5-12(6-4-11)9-17-15(21)18-7-1-2-13(10-18)14(19)20/h11-13H,1-7,9-10H2,(H,17,21)(H,19,20). The van der Waals surface area contributed by atoms with Gasteiger partial charge in [0.2, 0.25) is 0 Å². The number of nitrogens with one attached hydrogen (secondary N) is 1. The number of piperidine rings is 1. The number of carboxylic acid groups (broad SMARTS) is 1. The highest BCUT2D eigenvalue weighted by Crippen LogP contribution is 2.27. The maximum atomic E-state index is 12.1. The number of aliphatic carboxylic acids is 1. The van der Waals surface area contributed by atoms with E-state index in [1.807, 2.05) is 0 Å². The van der Waals surface area contributed by atoms with E-state index in [0.29, 0.717) is 32.0 Å². The first-order chi connectivity index (χ1) is 10.1. The smallest absolute Gasteiger partial charge is 0.317 e. The molecule has 0 aromatic rings. The van der Waals surface area contributed by atoms with E-state index in [1.165, 1.54) is 0 Å². The van der Waals surface area contributed by atoms with Crippen LogP contribution in [0.15, 0.2) is 0 Å². The Morgan fingerprint density at radius 2 is 1.95 bits per heavy atom. The molecule has 1 atom stereocenters. The van der Waals surface area contributed by atoms with Crippen molar-refractivity contribution in [1.82, 2.24) is 10.2 Å². The van der Waals surface area contributed by atoms with E-state index in [9.17, 15) is 9.59 Å². The number of likely N-dealkylation sites (tertiary alicyclic amines) is 1. The van der Waals surface area contributed by atoms with Crippen molar-refractivity contribution in [2.75, 3.05) is 19.6 Å². The second-order valence-corrected chi connectivity index (χ2v) is 6.16. The summed E-state index contributed by atoms with van der Waals surface area (Å²) in [6.07, 6.45) is 5.20. The molecule has 1 saturated carbocycles. The Balaban J connectivity index is 1.72. The van der Waals surface area contributed by atoms with Crippen LogP contribution in [0.5, 0.6) is 0 Å². The lowest BCUT2D eigenvalue weighted by molar-refractivity contribution is -0.143.